The lowest BCUT2D eigenvalue weighted by Gasteiger charge is -2.32. The number of aliphatic carboxylic acids is 1. The summed E-state index contributed by atoms with van der Waals surface area (Å²) in [5.41, 5.74) is -1.80. The first-order valence-electron chi connectivity index (χ1n) is 3.82. The number of carbonyl (C=O) groups is 1. The maximum Gasteiger partial charge on any atom is 0.315 e. The molecule has 0 aromatic rings. The first-order chi connectivity index (χ1) is 5.59. The first-order valence-corrected chi connectivity index (χ1v) is 3.82. The molecular weight excluding hydrogens is 168 g/mol. The summed E-state index contributed by atoms with van der Waals surface area (Å²) in [7, 11) is 0. The van der Waals surface area contributed by atoms with Crippen molar-refractivity contribution in [1.29, 1.82) is 0 Å². The van der Waals surface area contributed by atoms with Crippen LogP contribution in [0, 0.1) is 5.41 Å². The van der Waals surface area contributed by atoms with Crippen LogP contribution in [0.4, 0.5) is 8.78 Å². The summed E-state index contributed by atoms with van der Waals surface area (Å²) in [6.45, 7) is 0.716. The van der Waals surface area contributed by atoms with Gasteiger partial charge in [-0.1, -0.05) is 0 Å². The molecule has 0 aromatic heterocycles. The van der Waals surface area contributed by atoms with Gasteiger partial charge in [-0.25, -0.2) is 8.78 Å². The smallest absolute Gasteiger partial charge is 0.315 e. The van der Waals surface area contributed by atoms with E-state index in [0.29, 0.717) is 13.1 Å². The molecular formula is C7H11F2NO2. The van der Waals surface area contributed by atoms with E-state index in [-0.39, 0.29) is 12.8 Å². The minimum absolute atomic E-state index is 0.0139. The second kappa shape index (κ2) is 3.35. The van der Waals surface area contributed by atoms with Crippen molar-refractivity contribution in [2.24, 2.45) is 5.41 Å². The first kappa shape index (κ1) is 9.38. The Balaban J connectivity index is 2.77. The van der Waals surface area contributed by atoms with Crippen molar-refractivity contribution < 1.29 is 18.7 Å². The van der Waals surface area contributed by atoms with Crippen LogP contribution in [0.2, 0.25) is 0 Å². The Bertz CT molecular complexity index is 178. The van der Waals surface area contributed by atoms with E-state index in [4.69, 9.17) is 5.11 Å². The van der Waals surface area contributed by atoms with E-state index in [1.165, 1.54) is 0 Å². The Morgan fingerprint density at radius 1 is 1.42 bits per heavy atom. The monoisotopic (exact) mass is 179 g/mol. The number of hydrogen-bond acceptors (Lipinski definition) is 2. The number of alkyl halides is 2. The molecule has 1 rings (SSSR count). The number of hydrogen-bond donors (Lipinski definition) is 2. The minimum atomic E-state index is -2.77. The van der Waals surface area contributed by atoms with Gasteiger partial charge in [0.05, 0.1) is 0 Å². The standard InChI is InChI=1S/C7H11F2NO2/c8-5(9)7(6(11)12)1-3-10-4-2-7/h5,10H,1-4H2,(H,11,12). The molecule has 1 aliphatic heterocycles. The molecule has 70 valence electrons. The van der Waals surface area contributed by atoms with Crippen LogP contribution >= 0.6 is 0 Å². The maximum absolute atomic E-state index is 12.4. The fourth-order valence-corrected chi connectivity index (χ4v) is 1.40. The number of carboxylic acid groups (broad SMARTS) is 1. The Labute approximate surface area is 68.8 Å². The van der Waals surface area contributed by atoms with Gasteiger partial charge in [0.25, 0.3) is 6.43 Å². The van der Waals surface area contributed by atoms with Crippen LogP contribution in [-0.4, -0.2) is 30.6 Å². The summed E-state index contributed by atoms with van der Waals surface area (Å²) in [5.74, 6) is -1.38. The molecule has 5 heteroatoms. The van der Waals surface area contributed by atoms with Crippen molar-refractivity contribution in [3.05, 3.63) is 0 Å². The van der Waals surface area contributed by atoms with Gasteiger partial charge in [-0.2, -0.15) is 0 Å². The molecule has 0 aromatic carbocycles. The molecule has 0 aliphatic carbocycles. The van der Waals surface area contributed by atoms with Crippen molar-refractivity contribution >= 4 is 5.97 Å². The highest BCUT2D eigenvalue weighted by molar-refractivity contribution is 5.75. The van der Waals surface area contributed by atoms with Crippen LogP contribution in [0.5, 0.6) is 0 Å². The normalized spacial score (nSPS) is 22.6. The molecule has 1 fully saturated rings. The van der Waals surface area contributed by atoms with Crippen molar-refractivity contribution in [2.75, 3.05) is 13.1 Å². The lowest BCUT2D eigenvalue weighted by Crippen LogP contribution is -2.46. The fourth-order valence-electron chi connectivity index (χ4n) is 1.40. The highest BCUT2D eigenvalue weighted by Gasteiger charge is 2.47. The molecule has 0 spiro atoms. The van der Waals surface area contributed by atoms with Crippen LogP contribution in [0.1, 0.15) is 12.8 Å². The predicted octanol–water partition coefficient (Wildman–Crippen LogP) is 0.706. The molecule has 1 heterocycles. The Morgan fingerprint density at radius 2 is 1.92 bits per heavy atom. The number of halogens is 2. The number of carboxylic acids is 1. The summed E-state index contributed by atoms with van der Waals surface area (Å²) < 4.78 is 24.8. The SMILES string of the molecule is O=C(O)C1(C(F)F)CCNCC1. The zero-order valence-corrected chi connectivity index (χ0v) is 6.52. The van der Waals surface area contributed by atoms with Crippen molar-refractivity contribution in [2.45, 2.75) is 19.3 Å². The summed E-state index contributed by atoms with van der Waals surface area (Å²) in [6.07, 6.45) is -2.74. The molecule has 0 bridgehead atoms. The van der Waals surface area contributed by atoms with Gasteiger partial charge >= 0.3 is 5.97 Å². The van der Waals surface area contributed by atoms with E-state index in [1.54, 1.807) is 0 Å². The maximum atomic E-state index is 12.4. The predicted molar refractivity (Wildman–Crippen MR) is 38.2 cm³/mol. The quantitative estimate of drug-likeness (QED) is 0.656. The van der Waals surface area contributed by atoms with Crippen LogP contribution in [0.3, 0.4) is 0 Å². The third-order valence-electron chi connectivity index (χ3n) is 2.34. The highest BCUT2D eigenvalue weighted by Crippen LogP contribution is 2.35. The molecule has 0 saturated carbocycles. The van der Waals surface area contributed by atoms with Crippen molar-refractivity contribution in [3.8, 4) is 0 Å². The van der Waals surface area contributed by atoms with Crippen LogP contribution in [-0.2, 0) is 4.79 Å². The molecule has 2 N–H and O–H groups in total. The van der Waals surface area contributed by atoms with E-state index < -0.39 is 17.8 Å². The highest BCUT2D eigenvalue weighted by atomic mass is 19.3. The van der Waals surface area contributed by atoms with Crippen molar-refractivity contribution in [1.82, 2.24) is 5.32 Å². The molecule has 1 saturated heterocycles. The largest absolute Gasteiger partial charge is 0.481 e. The Kier molecular flexibility index (Phi) is 2.62. The zero-order valence-electron chi connectivity index (χ0n) is 6.52. The average molecular weight is 179 g/mol. The molecule has 1 aliphatic rings. The van der Waals surface area contributed by atoms with Gasteiger partial charge in [0.2, 0.25) is 0 Å². The average Bonchev–Trinajstić information content (AvgIpc) is 2.05. The Morgan fingerprint density at radius 3 is 2.17 bits per heavy atom. The van der Waals surface area contributed by atoms with E-state index in [9.17, 15) is 13.6 Å². The molecule has 0 radical (unpaired) electrons. The zero-order chi connectivity index (χ0) is 9.19. The van der Waals surface area contributed by atoms with Gasteiger partial charge in [0, 0.05) is 0 Å². The molecule has 3 nitrogen and oxygen atoms in total. The van der Waals surface area contributed by atoms with Crippen LogP contribution < -0.4 is 5.32 Å². The van der Waals surface area contributed by atoms with E-state index in [1.807, 2.05) is 0 Å². The number of nitrogens with one attached hydrogen (secondary N) is 1. The molecule has 0 atom stereocenters. The van der Waals surface area contributed by atoms with Crippen molar-refractivity contribution in [3.63, 3.8) is 0 Å². The lowest BCUT2D eigenvalue weighted by atomic mass is 9.79. The summed E-state index contributed by atoms with van der Waals surface area (Å²) in [4.78, 5) is 10.6. The van der Waals surface area contributed by atoms with Gasteiger partial charge in [-0.05, 0) is 25.9 Å². The molecule has 0 amide bonds. The number of piperidine rings is 1. The summed E-state index contributed by atoms with van der Waals surface area (Å²) >= 11 is 0. The third kappa shape index (κ3) is 1.41. The molecule has 12 heavy (non-hydrogen) atoms. The summed E-state index contributed by atoms with van der Waals surface area (Å²) in [5, 5.41) is 11.5. The Hall–Kier alpha value is -0.710. The lowest BCUT2D eigenvalue weighted by molar-refractivity contribution is -0.162. The van der Waals surface area contributed by atoms with Crippen LogP contribution in [0.25, 0.3) is 0 Å². The molecule has 0 unspecified atom stereocenters. The van der Waals surface area contributed by atoms with Gasteiger partial charge < -0.3 is 10.4 Å². The second-order valence-electron chi connectivity index (χ2n) is 3.01. The van der Waals surface area contributed by atoms with Gasteiger partial charge in [-0.3, -0.25) is 4.79 Å². The minimum Gasteiger partial charge on any atom is -0.481 e. The van der Waals surface area contributed by atoms with E-state index in [2.05, 4.69) is 5.32 Å². The summed E-state index contributed by atoms with van der Waals surface area (Å²) in [6, 6.07) is 0. The second-order valence-corrected chi connectivity index (χ2v) is 3.01. The topological polar surface area (TPSA) is 49.3 Å². The van der Waals surface area contributed by atoms with Gasteiger partial charge in [-0.15, -0.1) is 0 Å². The van der Waals surface area contributed by atoms with E-state index in [0.717, 1.165) is 0 Å². The fraction of sp³-hybridized carbons (Fsp3) is 0.857. The van der Waals surface area contributed by atoms with Gasteiger partial charge in [0.15, 0.2) is 0 Å². The van der Waals surface area contributed by atoms with E-state index >= 15 is 0 Å². The van der Waals surface area contributed by atoms with Crippen LogP contribution in [0.15, 0.2) is 0 Å². The number of rotatable bonds is 2. The van der Waals surface area contributed by atoms with Gasteiger partial charge in [0.1, 0.15) is 5.41 Å². The third-order valence-corrected chi connectivity index (χ3v) is 2.34.